The molecule has 4 unspecified atom stereocenters. The Hall–Kier alpha value is -11.9. The fourth-order valence-corrected chi connectivity index (χ4v) is 12.0. The van der Waals surface area contributed by atoms with E-state index in [0.29, 0.717) is 40.1 Å². The molecule has 1 aromatic carbocycles. The largest absolute Gasteiger partial charge is 0.481 e. The number of carbonyl (C=O) groups is 20. The van der Waals surface area contributed by atoms with Crippen molar-refractivity contribution >= 4 is 129 Å². The van der Waals surface area contributed by atoms with Gasteiger partial charge < -0.3 is 116 Å². The van der Waals surface area contributed by atoms with E-state index in [9.17, 15) is 116 Å². The van der Waals surface area contributed by atoms with E-state index in [1.807, 2.05) is 5.32 Å². The standard InChI is InChI=1S/C73H111N17O25/c1-9-36(3)19-13-11-12-14-23-53(93)80-46(28-41-33-77-43-21-16-15-20-42(41)43)67(108)83-45(24-25-56(96)97)66(107)85-48(30-52(76)92)70(111)89-62-40(7)115-73(114)61(37(4)10-2)88-71(112)60(38(5)27-57(98)99)87-69(110)47(29-51(75)91)81-54(94)34-78-64(105)49(31-58(100)101)86-65(106)44(22-17-18-26-74)82-68(109)50(32-59(102)103)84-63(104)39(6)79-55(95)35-90(8)72(62)113/h15-16,20-21,33,36-40,44-50,60-62,77H,9-14,17-19,22-32,34-35,74H2,1-8H3,(H2,75,91)(H2,76,92)(H,78,105)(H,79,95)(H,80,93)(H,81,94)(H,82,109)(H,83,108)(H,84,104)(H,85,107)(H,86,106)(H,87,110)(H,88,112)(H,89,111)(H,96,97)(H,98,99)(H,100,101)(H,102,103)/t36?,37?,38?,39-,40+,44+,45+,46-,47+,48-,49-,50-,60?,61-,62-/m0/s1. The van der Waals surface area contributed by atoms with Crippen LogP contribution in [0.1, 0.15) is 170 Å². The first-order chi connectivity index (χ1) is 54.1. The number of fused-ring (bicyclic) bond motifs is 1. The summed E-state index contributed by atoms with van der Waals surface area (Å²) in [5, 5.41) is 67.3. The first-order valence-corrected chi connectivity index (χ1v) is 37.8. The maximum Gasteiger partial charge on any atom is 0.329 e. The number of likely N-dealkylation sites (N-methyl/N-ethyl adjacent to an activating group) is 1. The zero-order chi connectivity index (χ0) is 86.5. The van der Waals surface area contributed by atoms with Crippen molar-refractivity contribution in [3.8, 4) is 0 Å². The summed E-state index contributed by atoms with van der Waals surface area (Å²) in [7, 11) is 0.950. The summed E-state index contributed by atoms with van der Waals surface area (Å²) in [6.45, 7) is 8.17. The average molecular weight is 1630 g/mol. The van der Waals surface area contributed by atoms with Crippen LogP contribution < -0.4 is 81.0 Å². The van der Waals surface area contributed by atoms with Crippen molar-refractivity contribution in [3.63, 3.8) is 0 Å². The van der Waals surface area contributed by atoms with Gasteiger partial charge in [-0.2, -0.15) is 0 Å². The summed E-state index contributed by atoms with van der Waals surface area (Å²) in [5.41, 5.74) is 17.9. The van der Waals surface area contributed by atoms with Crippen molar-refractivity contribution in [1.29, 1.82) is 0 Å². The highest BCUT2D eigenvalue weighted by Gasteiger charge is 2.42. The van der Waals surface area contributed by atoms with Gasteiger partial charge in [-0.1, -0.05) is 91.3 Å². The maximum absolute atomic E-state index is 15.0. The van der Waals surface area contributed by atoms with E-state index in [4.69, 9.17) is 21.9 Å². The number of aromatic nitrogens is 1. The third-order valence-corrected chi connectivity index (χ3v) is 19.0. The maximum atomic E-state index is 15.0. The lowest BCUT2D eigenvalue weighted by molar-refractivity contribution is -0.159. The Labute approximate surface area is 662 Å². The Morgan fingerprint density at radius 2 is 1.14 bits per heavy atom. The van der Waals surface area contributed by atoms with Crippen LogP contribution in [0.3, 0.4) is 0 Å². The fourth-order valence-electron chi connectivity index (χ4n) is 12.0. The minimum atomic E-state index is -2.27. The summed E-state index contributed by atoms with van der Waals surface area (Å²) < 4.78 is 5.81. The van der Waals surface area contributed by atoms with Crippen molar-refractivity contribution in [2.45, 2.75) is 243 Å². The Bertz CT molecular complexity index is 3820. The lowest BCUT2D eigenvalue weighted by atomic mass is 9.94. The van der Waals surface area contributed by atoms with Gasteiger partial charge in [-0.3, -0.25) is 91.1 Å². The molecule has 42 nitrogen and oxygen atoms in total. The van der Waals surface area contributed by atoms with Crippen LogP contribution in [0.4, 0.5) is 0 Å². The molecule has 0 spiro atoms. The molecule has 1 aliphatic rings. The van der Waals surface area contributed by atoms with Crippen LogP contribution in [0.5, 0.6) is 0 Å². The highest BCUT2D eigenvalue weighted by atomic mass is 16.5. The molecule has 2 aromatic rings. The minimum Gasteiger partial charge on any atom is -0.481 e. The van der Waals surface area contributed by atoms with Gasteiger partial charge in [-0.15, -0.1) is 0 Å². The third kappa shape index (κ3) is 34.6. The van der Waals surface area contributed by atoms with E-state index in [0.717, 1.165) is 53.5 Å². The number of ether oxygens (including phenoxy) is 1. The Morgan fingerprint density at radius 3 is 1.75 bits per heavy atom. The molecular formula is C73H111N17O25. The number of nitrogens with zero attached hydrogens (tertiary/aromatic N) is 1. The first kappa shape index (κ1) is 97.3. The minimum absolute atomic E-state index is 0.00000480. The number of primary amides is 2. The van der Waals surface area contributed by atoms with E-state index in [-0.39, 0.29) is 45.1 Å². The van der Waals surface area contributed by atoms with Crippen LogP contribution in [0.15, 0.2) is 30.5 Å². The number of esters is 1. The average Bonchev–Trinajstić information content (AvgIpc) is 1.63. The highest BCUT2D eigenvalue weighted by molar-refractivity contribution is 6.02. The number of cyclic esters (lactones) is 1. The Balaban J connectivity index is 2.25. The van der Waals surface area contributed by atoms with E-state index in [1.54, 1.807) is 30.5 Å². The molecular weight excluding hydrogens is 1510 g/mol. The first-order valence-electron chi connectivity index (χ1n) is 37.8. The molecule has 1 aliphatic heterocycles. The summed E-state index contributed by atoms with van der Waals surface area (Å²) in [6, 6.07) is -14.3. The number of hydrogen-bond donors (Lipinski definition) is 20. The smallest absolute Gasteiger partial charge is 0.329 e. The topological polar surface area (TPSA) is 673 Å². The molecule has 0 saturated carbocycles. The zero-order valence-corrected chi connectivity index (χ0v) is 65.6. The van der Waals surface area contributed by atoms with Crippen molar-refractivity contribution in [2.24, 2.45) is 35.0 Å². The van der Waals surface area contributed by atoms with Crippen LogP contribution in [0, 0.1) is 17.8 Å². The summed E-state index contributed by atoms with van der Waals surface area (Å²) in [4.78, 5) is 277. The number of carbonyl (C=O) groups excluding carboxylic acids is 16. The predicted octanol–water partition coefficient (Wildman–Crippen LogP) is -4.18. The number of carboxylic acids is 4. The molecule has 23 N–H and O–H groups in total. The number of unbranched alkanes of at least 4 members (excludes halogenated alkanes) is 4. The molecule has 0 aliphatic carbocycles. The number of aromatic amines is 1. The summed E-state index contributed by atoms with van der Waals surface area (Å²) >= 11 is 0. The van der Waals surface area contributed by atoms with Crippen molar-refractivity contribution in [3.05, 3.63) is 36.0 Å². The monoisotopic (exact) mass is 1630 g/mol. The molecule has 15 amide bonds. The van der Waals surface area contributed by atoms with Gasteiger partial charge >= 0.3 is 29.8 Å². The molecule has 1 fully saturated rings. The van der Waals surface area contributed by atoms with Crippen LogP contribution >= 0.6 is 0 Å². The third-order valence-electron chi connectivity index (χ3n) is 19.0. The number of benzene rings is 1. The number of hydrogen-bond acceptors (Lipinski definition) is 22. The van der Waals surface area contributed by atoms with Gasteiger partial charge in [0.05, 0.1) is 45.2 Å². The highest BCUT2D eigenvalue weighted by Crippen LogP contribution is 2.22. The Kier molecular flexibility index (Phi) is 41.4. The molecule has 1 saturated heterocycles. The van der Waals surface area contributed by atoms with Gasteiger partial charge in [-0.05, 0) is 81.9 Å². The number of amides is 15. The number of para-hydroxylation sites is 1. The molecule has 1 aromatic heterocycles. The summed E-state index contributed by atoms with van der Waals surface area (Å²) in [6.07, 6.45) is -2.59. The molecule has 2 heterocycles. The van der Waals surface area contributed by atoms with Gasteiger partial charge in [-0.25, -0.2) is 4.79 Å². The van der Waals surface area contributed by atoms with Crippen LogP contribution in [-0.2, 0) is 107 Å². The lowest BCUT2D eigenvalue weighted by Crippen LogP contribution is -2.62. The molecule has 0 bridgehead atoms. The number of H-pyrrole nitrogens is 1. The number of aliphatic carboxylic acids is 4. The van der Waals surface area contributed by atoms with E-state index in [2.05, 4.69) is 77.3 Å². The fraction of sp³-hybridized carbons (Fsp3) is 0.616. The lowest BCUT2D eigenvalue weighted by Gasteiger charge is -2.32. The van der Waals surface area contributed by atoms with Gasteiger partial charge in [0.15, 0.2) is 0 Å². The normalized spacial score (nSPS) is 21.9. The molecule has 638 valence electrons. The predicted molar refractivity (Wildman–Crippen MR) is 405 cm³/mol. The molecule has 42 heteroatoms. The van der Waals surface area contributed by atoms with Crippen molar-refractivity contribution in [2.75, 3.05) is 26.7 Å². The van der Waals surface area contributed by atoms with Crippen molar-refractivity contribution < 1.29 is 121 Å². The molecule has 0 radical (unpaired) electrons. The molecule has 3 rings (SSSR count). The van der Waals surface area contributed by atoms with Gasteiger partial charge in [0.2, 0.25) is 88.6 Å². The quantitative estimate of drug-likeness (QED) is 0.0225. The van der Waals surface area contributed by atoms with Crippen LogP contribution in [0.2, 0.25) is 0 Å². The number of nitrogens with one attached hydrogen (secondary N) is 13. The van der Waals surface area contributed by atoms with Gasteiger partial charge in [0.1, 0.15) is 72.6 Å². The van der Waals surface area contributed by atoms with E-state index in [1.165, 1.54) is 13.8 Å². The number of rotatable bonds is 37. The van der Waals surface area contributed by atoms with Gasteiger partial charge in [0.25, 0.3) is 0 Å². The second-order valence-electron chi connectivity index (χ2n) is 28.6. The second kappa shape index (κ2) is 48.9. The summed E-state index contributed by atoms with van der Waals surface area (Å²) in [5.74, 6) is -28.5. The van der Waals surface area contributed by atoms with Crippen LogP contribution in [0.25, 0.3) is 10.9 Å². The molecule has 115 heavy (non-hydrogen) atoms. The number of carboxylic acid groups (broad SMARTS) is 4. The van der Waals surface area contributed by atoms with Crippen LogP contribution in [-0.4, -0.2) is 248 Å². The van der Waals surface area contributed by atoms with Crippen molar-refractivity contribution in [1.82, 2.24) is 73.7 Å². The van der Waals surface area contributed by atoms with E-state index < -0.39 is 261 Å². The Morgan fingerprint density at radius 1 is 0.557 bits per heavy atom. The van der Waals surface area contributed by atoms with Gasteiger partial charge in [0, 0.05) is 43.4 Å². The number of nitrogens with two attached hydrogens (primary N) is 3. The molecule has 15 atom stereocenters. The van der Waals surface area contributed by atoms with E-state index >= 15 is 0 Å². The second-order valence-corrected chi connectivity index (χ2v) is 28.6. The SMILES string of the molecule is CCC(C)CCCCCCC(=O)N[C@@H](Cc1c[nH]c2ccccc12)C(=O)N[C@H](CCC(=O)O)C(=O)N[C@@H](CC(N)=O)C(=O)N[C@@H]1C(=O)N(C)CC(=O)N[C@@H](C)C(=O)N[C@@H](CC(=O)O)C(=O)N[C@H](CCCCN)C(=O)N[C@@H](CC(=O)O)C(=O)NCC(=O)N[C@H](CC(N)=O)C(=O)NC(C(C)CC(=O)O)C(=O)N[C@@H](C(C)CC)C(=O)O[C@@H]1C. The zero-order valence-electron chi connectivity index (χ0n) is 65.6.